The van der Waals surface area contributed by atoms with E-state index in [1.165, 1.54) is 24.3 Å². The van der Waals surface area contributed by atoms with Crippen LogP contribution in [0.25, 0.3) is 0 Å². The molecule has 1 fully saturated rings. The van der Waals surface area contributed by atoms with Crippen molar-refractivity contribution in [2.45, 2.75) is 42.6 Å². The molecule has 2 amide bonds. The standard InChI is InChI=1S/C20H30N4O6S/c1-13(2)16(23-17(25)14(3)21-4)18(26)24-11-10-22-12-20(24,19(27)28)31(29,30)15-8-6-5-7-9-15/h5-9,13-14,16,21-22H,10-12H2,1-4H3,(H,23,25)(H,27,28). The van der Waals surface area contributed by atoms with Gasteiger partial charge in [0.05, 0.1) is 10.9 Å². The number of carboxylic acids is 1. The van der Waals surface area contributed by atoms with Crippen molar-refractivity contribution in [3.63, 3.8) is 0 Å². The summed E-state index contributed by atoms with van der Waals surface area (Å²) in [6.45, 7) is 4.61. The van der Waals surface area contributed by atoms with Crippen molar-refractivity contribution in [3.05, 3.63) is 30.3 Å². The molecule has 1 aromatic rings. The number of hydrogen-bond donors (Lipinski definition) is 4. The summed E-state index contributed by atoms with van der Waals surface area (Å²) in [5, 5.41) is 18.3. The number of nitrogens with one attached hydrogen (secondary N) is 3. The monoisotopic (exact) mass is 454 g/mol. The molecule has 1 aromatic carbocycles. The Morgan fingerprint density at radius 2 is 1.77 bits per heavy atom. The number of carboxylic acid groups (broad SMARTS) is 1. The van der Waals surface area contributed by atoms with Gasteiger partial charge in [-0.2, -0.15) is 0 Å². The maximum atomic E-state index is 13.5. The van der Waals surface area contributed by atoms with Crippen molar-refractivity contribution >= 4 is 27.6 Å². The van der Waals surface area contributed by atoms with Crippen LogP contribution in [0.15, 0.2) is 35.2 Å². The first kappa shape index (κ1) is 24.8. The van der Waals surface area contributed by atoms with Crippen LogP contribution in [0.3, 0.4) is 0 Å². The van der Waals surface area contributed by atoms with E-state index in [1.807, 2.05) is 0 Å². The molecule has 10 nitrogen and oxygen atoms in total. The Balaban J connectivity index is 2.56. The number of amides is 2. The Morgan fingerprint density at radius 3 is 2.29 bits per heavy atom. The van der Waals surface area contributed by atoms with Crippen molar-refractivity contribution in [2.24, 2.45) is 5.92 Å². The third-order valence-electron chi connectivity index (χ3n) is 5.47. The minimum absolute atomic E-state index is 0.141. The third kappa shape index (κ3) is 4.58. The van der Waals surface area contributed by atoms with E-state index in [2.05, 4.69) is 16.0 Å². The quantitative estimate of drug-likeness (QED) is 0.408. The minimum atomic E-state index is -4.51. The van der Waals surface area contributed by atoms with Crippen LogP contribution < -0.4 is 16.0 Å². The molecule has 0 aliphatic carbocycles. The zero-order chi connectivity index (χ0) is 23.4. The molecule has 0 saturated carbocycles. The third-order valence-corrected chi connectivity index (χ3v) is 7.79. The van der Waals surface area contributed by atoms with Crippen LogP contribution in [0, 0.1) is 5.92 Å². The number of carbonyl (C=O) groups is 3. The van der Waals surface area contributed by atoms with E-state index >= 15 is 0 Å². The fraction of sp³-hybridized carbons (Fsp3) is 0.550. The Labute approximate surface area is 182 Å². The van der Waals surface area contributed by atoms with Crippen molar-refractivity contribution in [1.29, 1.82) is 0 Å². The summed E-state index contributed by atoms with van der Waals surface area (Å²) in [4.78, 5) is 36.5. The van der Waals surface area contributed by atoms with Crippen LogP contribution in [0.2, 0.25) is 0 Å². The van der Waals surface area contributed by atoms with Crippen molar-refractivity contribution < 1.29 is 27.9 Å². The number of benzene rings is 1. The van der Waals surface area contributed by atoms with Gasteiger partial charge in [0.25, 0.3) is 4.87 Å². The lowest BCUT2D eigenvalue weighted by atomic mass is 10.0. The van der Waals surface area contributed by atoms with Gasteiger partial charge in [0.2, 0.25) is 21.7 Å². The number of sulfone groups is 1. The van der Waals surface area contributed by atoms with Gasteiger partial charge in [0.1, 0.15) is 6.04 Å². The molecule has 0 aromatic heterocycles. The predicted molar refractivity (Wildman–Crippen MR) is 114 cm³/mol. The second kappa shape index (κ2) is 9.75. The summed E-state index contributed by atoms with van der Waals surface area (Å²) in [7, 11) is -2.92. The molecule has 1 aliphatic rings. The number of hydrogen-bond acceptors (Lipinski definition) is 7. The van der Waals surface area contributed by atoms with E-state index < -0.39 is 57.0 Å². The highest BCUT2D eigenvalue weighted by Gasteiger charge is 2.60. The van der Waals surface area contributed by atoms with E-state index in [9.17, 15) is 27.9 Å². The van der Waals surface area contributed by atoms with Crippen LogP contribution in [-0.2, 0) is 24.2 Å². The molecule has 0 bridgehead atoms. The molecule has 1 saturated heterocycles. The molecule has 1 heterocycles. The zero-order valence-corrected chi connectivity index (χ0v) is 18.9. The SMILES string of the molecule is CNC(C)C(=O)NC(C(=O)N1CCNCC1(C(=O)O)S(=O)(=O)c1ccccc1)C(C)C. The lowest BCUT2D eigenvalue weighted by molar-refractivity contribution is -0.156. The Morgan fingerprint density at radius 1 is 1.16 bits per heavy atom. The Kier molecular flexibility index (Phi) is 7.79. The van der Waals surface area contributed by atoms with Crippen molar-refractivity contribution in [1.82, 2.24) is 20.9 Å². The lowest BCUT2D eigenvalue weighted by Gasteiger charge is -2.45. The highest BCUT2D eigenvalue weighted by atomic mass is 32.2. The van der Waals surface area contributed by atoms with E-state index in [-0.39, 0.29) is 18.0 Å². The Hall–Kier alpha value is -2.50. The fourth-order valence-corrected chi connectivity index (χ4v) is 5.34. The van der Waals surface area contributed by atoms with Crippen LogP contribution >= 0.6 is 0 Å². The maximum absolute atomic E-state index is 13.5. The van der Waals surface area contributed by atoms with Gasteiger partial charge in [-0.3, -0.25) is 9.59 Å². The Bertz CT molecular complexity index is 921. The number of nitrogens with zero attached hydrogens (tertiary/aromatic N) is 1. The summed E-state index contributed by atoms with van der Waals surface area (Å²) in [5.41, 5.74) is 0. The molecular formula is C20H30N4O6S. The number of piperazine rings is 1. The number of likely N-dealkylation sites (N-methyl/N-ethyl adjacent to an activating group) is 1. The average molecular weight is 455 g/mol. The van der Waals surface area contributed by atoms with Gasteiger partial charge < -0.3 is 26.0 Å². The molecule has 3 unspecified atom stereocenters. The summed E-state index contributed by atoms with van der Waals surface area (Å²) in [6, 6.07) is 5.51. The van der Waals surface area contributed by atoms with Crippen LogP contribution in [0.1, 0.15) is 20.8 Å². The minimum Gasteiger partial charge on any atom is -0.479 e. The highest BCUT2D eigenvalue weighted by Crippen LogP contribution is 2.32. The van der Waals surface area contributed by atoms with E-state index in [4.69, 9.17) is 0 Å². The van der Waals surface area contributed by atoms with Crippen LogP contribution in [-0.4, -0.2) is 79.8 Å². The average Bonchev–Trinajstić information content (AvgIpc) is 2.76. The van der Waals surface area contributed by atoms with E-state index in [0.29, 0.717) is 0 Å². The maximum Gasteiger partial charge on any atom is 0.347 e. The first-order chi connectivity index (χ1) is 14.5. The van der Waals surface area contributed by atoms with Gasteiger partial charge in [-0.1, -0.05) is 32.0 Å². The fourth-order valence-electron chi connectivity index (χ4n) is 3.44. The summed E-state index contributed by atoms with van der Waals surface area (Å²) < 4.78 is 27.0. The van der Waals surface area contributed by atoms with Crippen LogP contribution in [0.4, 0.5) is 0 Å². The van der Waals surface area contributed by atoms with Gasteiger partial charge >= 0.3 is 5.97 Å². The molecule has 172 valence electrons. The molecule has 1 aliphatic heterocycles. The van der Waals surface area contributed by atoms with Gasteiger partial charge in [0.15, 0.2) is 0 Å². The van der Waals surface area contributed by atoms with E-state index in [0.717, 1.165) is 4.90 Å². The van der Waals surface area contributed by atoms with Crippen molar-refractivity contribution in [3.8, 4) is 0 Å². The summed E-state index contributed by atoms with van der Waals surface area (Å²) in [6.07, 6.45) is 0. The first-order valence-electron chi connectivity index (χ1n) is 10.0. The molecular weight excluding hydrogens is 424 g/mol. The second-order valence-corrected chi connectivity index (χ2v) is 9.97. The molecule has 11 heteroatoms. The predicted octanol–water partition coefficient (Wildman–Crippen LogP) is -0.578. The van der Waals surface area contributed by atoms with Gasteiger partial charge in [-0.25, -0.2) is 13.2 Å². The first-order valence-corrected chi connectivity index (χ1v) is 11.5. The highest BCUT2D eigenvalue weighted by molar-refractivity contribution is 7.93. The molecule has 31 heavy (non-hydrogen) atoms. The second-order valence-electron chi connectivity index (χ2n) is 7.81. The molecule has 0 spiro atoms. The lowest BCUT2D eigenvalue weighted by Crippen LogP contribution is -2.72. The number of aliphatic carboxylic acids is 1. The largest absolute Gasteiger partial charge is 0.479 e. The smallest absolute Gasteiger partial charge is 0.347 e. The van der Waals surface area contributed by atoms with Gasteiger partial charge in [-0.05, 0) is 32.0 Å². The number of carbonyl (C=O) groups excluding carboxylic acids is 2. The molecule has 3 atom stereocenters. The van der Waals surface area contributed by atoms with Gasteiger partial charge in [-0.15, -0.1) is 0 Å². The molecule has 2 rings (SSSR count). The van der Waals surface area contributed by atoms with Gasteiger partial charge in [0, 0.05) is 19.6 Å². The normalized spacial score (nSPS) is 21.4. The summed E-state index contributed by atoms with van der Waals surface area (Å²) in [5.74, 6) is -3.26. The molecule has 4 N–H and O–H groups in total. The van der Waals surface area contributed by atoms with E-state index in [1.54, 1.807) is 33.9 Å². The summed E-state index contributed by atoms with van der Waals surface area (Å²) >= 11 is 0. The molecule has 0 radical (unpaired) electrons. The van der Waals surface area contributed by atoms with Crippen LogP contribution in [0.5, 0.6) is 0 Å². The zero-order valence-electron chi connectivity index (χ0n) is 18.1. The topological polar surface area (TPSA) is 145 Å². The number of rotatable bonds is 8. The van der Waals surface area contributed by atoms with Crippen molar-refractivity contribution in [2.75, 3.05) is 26.7 Å².